The smallest absolute Gasteiger partial charge is 0.368 e. The van der Waals surface area contributed by atoms with Crippen molar-refractivity contribution >= 4 is 5.91 Å². The van der Waals surface area contributed by atoms with Gasteiger partial charge in [-0.05, 0) is 23.8 Å². The minimum absolute atomic E-state index is 0.0583. The third kappa shape index (κ3) is 3.60. The minimum atomic E-state index is -4.99. The Balaban J connectivity index is 3.45. The van der Waals surface area contributed by atoms with Crippen molar-refractivity contribution in [3.8, 4) is 0 Å². The highest BCUT2D eigenvalue weighted by Gasteiger charge is 2.37. The first-order chi connectivity index (χ1) is 8.43. The molecule has 0 radical (unpaired) electrons. The maximum Gasteiger partial charge on any atom is 0.416 e. The molecule has 0 aliphatic heterocycles. The highest BCUT2D eigenvalue weighted by molar-refractivity contribution is 5.81. The van der Waals surface area contributed by atoms with Gasteiger partial charge in [0.25, 0.3) is 0 Å². The Kier molecular flexibility index (Phi) is 3.80. The molecule has 1 unspecified atom stereocenters. The lowest BCUT2D eigenvalue weighted by Gasteiger charge is -2.16. The molecule has 4 N–H and O–H groups in total. The van der Waals surface area contributed by atoms with Gasteiger partial charge in [-0.15, -0.1) is 0 Å². The Morgan fingerprint density at radius 1 is 0.947 bits per heavy atom. The van der Waals surface area contributed by atoms with Crippen LogP contribution in [-0.4, -0.2) is 5.91 Å². The van der Waals surface area contributed by atoms with Crippen molar-refractivity contribution in [3.05, 3.63) is 34.9 Å². The average Bonchev–Trinajstić information content (AvgIpc) is 2.24. The Morgan fingerprint density at radius 3 is 1.58 bits per heavy atom. The number of hydrogen-bond acceptors (Lipinski definition) is 2. The fourth-order valence-corrected chi connectivity index (χ4v) is 1.32. The summed E-state index contributed by atoms with van der Waals surface area (Å²) in [7, 11) is 0. The zero-order chi connectivity index (χ0) is 15.0. The number of carbonyl (C=O) groups is 1. The number of halogens is 6. The van der Waals surface area contributed by atoms with Crippen LogP contribution >= 0.6 is 0 Å². The Hall–Kier alpha value is -1.77. The molecular weight excluding hydrogens is 278 g/mol. The molecular formula is C10H8F6N2O. The van der Waals surface area contributed by atoms with Gasteiger partial charge in [-0.2, -0.15) is 26.3 Å². The van der Waals surface area contributed by atoms with Crippen LogP contribution in [0, 0.1) is 0 Å². The second-order valence-corrected chi connectivity index (χ2v) is 3.72. The summed E-state index contributed by atoms with van der Waals surface area (Å²) < 4.78 is 74.9. The number of amides is 1. The quantitative estimate of drug-likeness (QED) is 0.818. The third-order valence-electron chi connectivity index (χ3n) is 2.28. The largest absolute Gasteiger partial charge is 0.416 e. The van der Waals surface area contributed by atoms with Crippen LogP contribution in [0.5, 0.6) is 0 Å². The predicted molar refractivity (Wildman–Crippen MR) is 52.6 cm³/mol. The van der Waals surface area contributed by atoms with Crippen molar-refractivity contribution in [2.45, 2.75) is 18.4 Å². The minimum Gasteiger partial charge on any atom is -0.368 e. The lowest BCUT2D eigenvalue weighted by molar-refractivity contribution is -0.143. The number of rotatable bonds is 2. The average molecular weight is 286 g/mol. The second-order valence-electron chi connectivity index (χ2n) is 3.72. The van der Waals surface area contributed by atoms with Crippen LogP contribution < -0.4 is 11.5 Å². The standard InChI is InChI=1S/C10H8F6N2O/c11-9(12,13)5-1-4(7(17)8(18)19)2-6(3-5)10(14,15)16/h1-3,7H,17H2,(H2,18,19). The van der Waals surface area contributed by atoms with E-state index in [4.69, 9.17) is 11.5 Å². The van der Waals surface area contributed by atoms with Crippen LogP contribution in [0.25, 0.3) is 0 Å². The van der Waals surface area contributed by atoms with Crippen molar-refractivity contribution in [3.63, 3.8) is 0 Å². The van der Waals surface area contributed by atoms with E-state index in [0.29, 0.717) is 12.1 Å². The summed E-state index contributed by atoms with van der Waals surface area (Å²) in [6.45, 7) is 0. The first-order valence-electron chi connectivity index (χ1n) is 4.77. The molecule has 19 heavy (non-hydrogen) atoms. The summed E-state index contributed by atoms with van der Waals surface area (Å²) in [6.07, 6.45) is -9.99. The fourth-order valence-electron chi connectivity index (χ4n) is 1.32. The lowest BCUT2D eigenvalue weighted by Crippen LogP contribution is -2.29. The van der Waals surface area contributed by atoms with Crippen LogP contribution in [0.2, 0.25) is 0 Å². The zero-order valence-electron chi connectivity index (χ0n) is 9.14. The highest BCUT2D eigenvalue weighted by Crippen LogP contribution is 2.37. The molecule has 9 heteroatoms. The van der Waals surface area contributed by atoms with Gasteiger partial charge >= 0.3 is 12.4 Å². The molecule has 0 aliphatic rings. The van der Waals surface area contributed by atoms with Gasteiger partial charge in [0.05, 0.1) is 11.1 Å². The molecule has 0 bridgehead atoms. The molecule has 1 aromatic rings. The fraction of sp³-hybridized carbons (Fsp3) is 0.300. The number of primary amides is 1. The number of nitrogens with two attached hydrogens (primary N) is 2. The molecule has 0 spiro atoms. The van der Waals surface area contributed by atoms with Crippen LogP contribution in [0.3, 0.4) is 0 Å². The molecule has 1 rings (SSSR count). The molecule has 3 nitrogen and oxygen atoms in total. The maximum absolute atomic E-state index is 12.5. The normalized spacial score (nSPS) is 14.3. The van der Waals surface area contributed by atoms with Crippen molar-refractivity contribution < 1.29 is 31.1 Å². The topological polar surface area (TPSA) is 69.1 Å². The molecule has 106 valence electrons. The zero-order valence-corrected chi connectivity index (χ0v) is 9.14. The van der Waals surface area contributed by atoms with Gasteiger partial charge < -0.3 is 11.5 Å². The number of carbonyl (C=O) groups excluding carboxylic acids is 1. The van der Waals surface area contributed by atoms with Crippen molar-refractivity contribution in [1.29, 1.82) is 0 Å². The first kappa shape index (κ1) is 15.3. The van der Waals surface area contributed by atoms with Gasteiger partial charge in [0.2, 0.25) is 5.91 Å². The molecule has 0 fully saturated rings. The number of hydrogen-bond donors (Lipinski definition) is 2. The second kappa shape index (κ2) is 4.72. The van der Waals surface area contributed by atoms with E-state index in [0.717, 1.165) is 0 Å². The Bertz CT molecular complexity index is 462. The van der Waals surface area contributed by atoms with Crippen LogP contribution in [-0.2, 0) is 17.1 Å². The van der Waals surface area contributed by atoms with Gasteiger partial charge in [-0.1, -0.05) is 0 Å². The summed E-state index contributed by atoms with van der Waals surface area (Å²) in [4.78, 5) is 10.8. The molecule has 0 aliphatic carbocycles. The molecule has 1 aromatic carbocycles. The number of benzene rings is 1. The van der Waals surface area contributed by atoms with Gasteiger partial charge in [0.1, 0.15) is 6.04 Å². The van der Waals surface area contributed by atoms with E-state index in [1.165, 1.54) is 0 Å². The first-order valence-corrected chi connectivity index (χ1v) is 4.77. The van der Waals surface area contributed by atoms with E-state index in [1.807, 2.05) is 0 Å². The van der Waals surface area contributed by atoms with Gasteiger partial charge in [0, 0.05) is 0 Å². The summed E-state index contributed by atoms with van der Waals surface area (Å²) >= 11 is 0. The van der Waals surface area contributed by atoms with E-state index < -0.39 is 41.0 Å². The van der Waals surface area contributed by atoms with Crippen LogP contribution in [0.15, 0.2) is 18.2 Å². The van der Waals surface area contributed by atoms with E-state index in [2.05, 4.69) is 0 Å². The van der Waals surface area contributed by atoms with Gasteiger partial charge in [-0.25, -0.2) is 0 Å². The van der Waals surface area contributed by atoms with E-state index in [1.54, 1.807) is 0 Å². The Labute approximate surface area is 103 Å². The monoisotopic (exact) mass is 286 g/mol. The molecule has 1 atom stereocenters. The van der Waals surface area contributed by atoms with E-state index in [-0.39, 0.29) is 6.07 Å². The predicted octanol–water partition coefficient (Wildman–Crippen LogP) is 2.21. The molecule has 1 amide bonds. The molecule has 0 aromatic heterocycles. The summed E-state index contributed by atoms with van der Waals surface area (Å²) in [5.74, 6) is -1.23. The van der Waals surface area contributed by atoms with Crippen molar-refractivity contribution in [1.82, 2.24) is 0 Å². The molecule has 0 saturated heterocycles. The van der Waals surface area contributed by atoms with Gasteiger partial charge in [0.15, 0.2) is 0 Å². The summed E-state index contributed by atoms with van der Waals surface area (Å²) in [6, 6.07) is -1.07. The Morgan fingerprint density at radius 2 is 1.32 bits per heavy atom. The number of alkyl halides is 6. The van der Waals surface area contributed by atoms with Gasteiger partial charge in [-0.3, -0.25) is 4.79 Å². The SMILES string of the molecule is NC(=O)C(N)c1cc(C(F)(F)F)cc(C(F)(F)F)c1. The lowest BCUT2D eigenvalue weighted by atomic mass is 9.99. The summed E-state index contributed by atoms with van der Waals surface area (Å²) in [5, 5.41) is 0. The summed E-state index contributed by atoms with van der Waals surface area (Å²) in [5.41, 5.74) is 6.17. The van der Waals surface area contributed by atoms with Crippen molar-refractivity contribution in [2.24, 2.45) is 11.5 Å². The van der Waals surface area contributed by atoms with Crippen LogP contribution in [0.4, 0.5) is 26.3 Å². The highest BCUT2D eigenvalue weighted by atomic mass is 19.4. The van der Waals surface area contributed by atoms with E-state index >= 15 is 0 Å². The van der Waals surface area contributed by atoms with E-state index in [9.17, 15) is 31.1 Å². The van der Waals surface area contributed by atoms with Crippen LogP contribution in [0.1, 0.15) is 22.7 Å². The molecule has 0 saturated carbocycles. The molecule has 0 heterocycles. The maximum atomic E-state index is 12.5. The third-order valence-corrected chi connectivity index (χ3v) is 2.28. The van der Waals surface area contributed by atoms with Crippen molar-refractivity contribution in [2.75, 3.05) is 0 Å².